The van der Waals surface area contributed by atoms with Crippen LogP contribution in [0.5, 0.6) is 0 Å². The predicted molar refractivity (Wildman–Crippen MR) is 94.0 cm³/mol. The second-order valence-electron chi connectivity index (χ2n) is 5.96. The zero-order valence-corrected chi connectivity index (χ0v) is 15.1. The minimum Gasteiger partial charge on any atom is -0.465 e. The van der Waals surface area contributed by atoms with Crippen molar-refractivity contribution in [3.63, 3.8) is 0 Å². The van der Waals surface area contributed by atoms with E-state index in [0.717, 1.165) is 31.5 Å². The van der Waals surface area contributed by atoms with Crippen molar-refractivity contribution in [1.29, 1.82) is 0 Å². The Balaban J connectivity index is 0.00000225. The third-order valence-electron chi connectivity index (χ3n) is 4.40. The smallest absolute Gasteiger partial charge is 0.337 e. The summed E-state index contributed by atoms with van der Waals surface area (Å²) < 4.78 is 15.7. The summed E-state index contributed by atoms with van der Waals surface area (Å²) in [7, 11) is 3.04. The normalized spacial score (nSPS) is 16.1. The Morgan fingerprint density at radius 2 is 2.08 bits per heavy atom. The van der Waals surface area contributed by atoms with Crippen molar-refractivity contribution in [3.05, 3.63) is 35.7 Å². The van der Waals surface area contributed by atoms with Crippen LogP contribution in [-0.2, 0) is 14.9 Å². The van der Waals surface area contributed by atoms with Crippen LogP contribution in [0.4, 0.5) is 0 Å². The number of aromatic nitrogens is 2. The molecule has 1 fully saturated rings. The number of ether oxygens (including phenoxy) is 2. The SMILES string of the molecule is COCC1(c2nc(-c3cccc(C(=O)OC)c3)no2)CCNCC1.Cl. The van der Waals surface area contributed by atoms with Gasteiger partial charge in [-0.05, 0) is 38.1 Å². The van der Waals surface area contributed by atoms with E-state index in [2.05, 4.69) is 15.5 Å². The average Bonchev–Trinajstić information content (AvgIpc) is 3.13. The minimum atomic E-state index is -0.394. The lowest BCUT2D eigenvalue weighted by molar-refractivity contribution is 0.0601. The molecule has 1 aliphatic heterocycles. The van der Waals surface area contributed by atoms with Crippen LogP contribution in [0.1, 0.15) is 29.1 Å². The third kappa shape index (κ3) is 4.00. The first-order valence-corrected chi connectivity index (χ1v) is 7.91. The van der Waals surface area contributed by atoms with Crippen molar-refractivity contribution in [2.24, 2.45) is 0 Å². The van der Waals surface area contributed by atoms with Crippen LogP contribution >= 0.6 is 12.4 Å². The number of hydrogen-bond acceptors (Lipinski definition) is 7. The fraction of sp³-hybridized carbons (Fsp3) is 0.471. The van der Waals surface area contributed by atoms with Gasteiger partial charge in [-0.25, -0.2) is 4.79 Å². The maximum absolute atomic E-state index is 11.7. The molecule has 3 rings (SSSR count). The minimum absolute atomic E-state index is 0. The van der Waals surface area contributed by atoms with E-state index in [-0.39, 0.29) is 17.8 Å². The molecule has 0 amide bonds. The van der Waals surface area contributed by atoms with Crippen molar-refractivity contribution in [1.82, 2.24) is 15.5 Å². The molecule has 0 atom stereocenters. The van der Waals surface area contributed by atoms with Crippen molar-refractivity contribution < 1.29 is 18.8 Å². The maximum atomic E-state index is 11.7. The lowest BCUT2D eigenvalue weighted by atomic mass is 9.79. The van der Waals surface area contributed by atoms with E-state index >= 15 is 0 Å². The van der Waals surface area contributed by atoms with Gasteiger partial charge in [0, 0.05) is 12.7 Å². The molecular weight excluding hydrogens is 346 g/mol. The molecule has 7 nitrogen and oxygen atoms in total. The quantitative estimate of drug-likeness (QED) is 0.810. The van der Waals surface area contributed by atoms with Gasteiger partial charge in [0.2, 0.25) is 11.7 Å². The first kappa shape index (κ1) is 19.4. The van der Waals surface area contributed by atoms with Crippen LogP contribution in [0.25, 0.3) is 11.4 Å². The molecule has 0 aliphatic carbocycles. The van der Waals surface area contributed by atoms with E-state index in [4.69, 9.17) is 14.0 Å². The Kier molecular flexibility index (Phi) is 6.52. The number of esters is 1. The summed E-state index contributed by atoms with van der Waals surface area (Å²) >= 11 is 0. The summed E-state index contributed by atoms with van der Waals surface area (Å²) in [5.41, 5.74) is 0.912. The standard InChI is InChI=1S/C17H21N3O4.ClH/c1-22-11-17(6-8-18-9-7-17)16-19-14(20-24-16)12-4-3-5-13(10-12)15(21)23-2;/h3-5,10,18H,6-9,11H2,1-2H3;1H. The first-order chi connectivity index (χ1) is 11.7. The second kappa shape index (κ2) is 8.42. The molecule has 1 aromatic heterocycles. The van der Waals surface area contributed by atoms with Crippen LogP contribution in [0.3, 0.4) is 0 Å². The fourth-order valence-electron chi connectivity index (χ4n) is 3.06. The largest absolute Gasteiger partial charge is 0.465 e. The molecule has 25 heavy (non-hydrogen) atoms. The van der Waals surface area contributed by atoms with Crippen LogP contribution < -0.4 is 5.32 Å². The Hall–Kier alpha value is -1.96. The van der Waals surface area contributed by atoms with Gasteiger partial charge in [-0.3, -0.25) is 0 Å². The molecule has 1 aliphatic rings. The summed E-state index contributed by atoms with van der Waals surface area (Å²) in [4.78, 5) is 16.3. The number of carbonyl (C=O) groups is 1. The van der Waals surface area contributed by atoms with E-state index in [0.29, 0.717) is 23.9 Å². The van der Waals surface area contributed by atoms with Crippen molar-refractivity contribution in [3.8, 4) is 11.4 Å². The number of methoxy groups -OCH3 is 2. The molecule has 8 heteroatoms. The predicted octanol–water partition coefficient (Wildman–Crippen LogP) is 2.21. The van der Waals surface area contributed by atoms with Crippen LogP contribution in [0, 0.1) is 0 Å². The molecule has 1 aromatic carbocycles. The van der Waals surface area contributed by atoms with Gasteiger partial charge in [0.05, 0.1) is 24.7 Å². The number of hydrogen-bond donors (Lipinski definition) is 1. The topological polar surface area (TPSA) is 86.5 Å². The van der Waals surface area contributed by atoms with E-state index in [1.807, 2.05) is 6.07 Å². The first-order valence-electron chi connectivity index (χ1n) is 7.91. The van der Waals surface area contributed by atoms with Crippen LogP contribution in [-0.4, -0.2) is 50.0 Å². The van der Waals surface area contributed by atoms with Gasteiger partial charge in [-0.15, -0.1) is 12.4 Å². The average molecular weight is 368 g/mol. The van der Waals surface area contributed by atoms with Gasteiger partial charge >= 0.3 is 5.97 Å². The summed E-state index contributed by atoms with van der Waals surface area (Å²) in [6.07, 6.45) is 1.76. The van der Waals surface area contributed by atoms with Crippen LogP contribution in [0.15, 0.2) is 28.8 Å². The Labute approximate surface area is 152 Å². The van der Waals surface area contributed by atoms with Gasteiger partial charge in [-0.1, -0.05) is 17.3 Å². The summed E-state index contributed by atoms with van der Waals surface area (Å²) in [5, 5.41) is 7.44. The number of nitrogens with zero attached hydrogens (tertiary/aromatic N) is 2. The van der Waals surface area contributed by atoms with E-state index < -0.39 is 5.97 Å². The second-order valence-corrected chi connectivity index (χ2v) is 5.96. The van der Waals surface area contributed by atoms with Crippen molar-refractivity contribution in [2.75, 3.05) is 33.9 Å². The number of piperidine rings is 1. The van der Waals surface area contributed by atoms with Gasteiger partial charge < -0.3 is 19.3 Å². The number of rotatable bonds is 5. The van der Waals surface area contributed by atoms with E-state index in [1.165, 1.54) is 7.11 Å². The number of carbonyl (C=O) groups excluding carboxylic acids is 1. The Morgan fingerprint density at radius 1 is 1.32 bits per heavy atom. The van der Waals surface area contributed by atoms with Gasteiger partial charge in [0.15, 0.2) is 0 Å². The lowest BCUT2D eigenvalue weighted by Crippen LogP contribution is -2.43. The fourth-order valence-corrected chi connectivity index (χ4v) is 3.06. The van der Waals surface area contributed by atoms with E-state index in [1.54, 1.807) is 25.3 Å². The highest BCUT2D eigenvalue weighted by Crippen LogP contribution is 2.33. The summed E-state index contributed by atoms with van der Waals surface area (Å²) in [5.74, 6) is 0.656. The molecule has 0 saturated carbocycles. The molecule has 136 valence electrons. The molecule has 1 N–H and O–H groups in total. The Bertz CT molecular complexity index is 708. The summed E-state index contributed by atoms with van der Waals surface area (Å²) in [6.45, 7) is 2.32. The highest BCUT2D eigenvalue weighted by Gasteiger charge is 2.39. The number of halogens is 1. The zero-order valence-electron chi connectivity index (χ0n) is 14.3. The van der Waals surface area contributed by atoms with Gasteiger partial charge in [0.25, 0.3) is 0 Å². The van der Waals surface area contributed by atoms with Crippen molar-refractivity contribution >= 4 is 18.4 Å². The van der Waals surface area contributed by atoms with Gasteiger partial charge in [0.1, 0.15) is 0 Å². The lowest BCUT2D eigenvalue weighted by Gasteiger charge is -2.33. The summed E-state index contributed by atoms with van der Waals surface area (Å²) in [6, 6.07) is 7.00. The van der Waals surface area contributed by atoms with Crippen molar-refractivity contribution in [2.45, 2.75) is 18.3 Å². The molecule has 0 spiro atoms. The highest BCUT2D eigenvalue weighted by atomic mass is 35.5. The molecule has 0 bridgehead atoms. The van der Waals surface area contributed by atoms with E-state index in [9.17, 15) is 4.79 Å². The number of nitrogens with one attached hydrogen (secondary N) is 1. The molecular formula is C17H22ClN3O4. The Morgan fingerprint density at radius 3 is 2.76 bits per heavy atom. The highest BCUT2D eigenvalue weighted by molar-refractivity contribution is 5.90. The zero-order chi connectivity index (χ0) is 17.0. The molecule has 2 heterocycles. The molecule has 2 aromatic rings. The van der Waals surface area contributed by atoms with Gasteiger partial charge in [-0.2, -0.15) is 4.98 Å². The third-order valence-corrected chi connectivity index (χ3v) is 4.40. The maximum Gasteiger partial charge on any atom is 0.337 e. The monoisotopic (exact) mass is 367 g/mol. The number of benzene rings is 1. The molecule has 0 unspecified atom stereocenters. The van der Waals surface area contributed by atoms with Crippen LogP contribution in [0.2, 0.25) is 0 Å². The molecule has 0 radical (unpaired) electrons. The molecule has 1 saturated heterocycles.